The zero-order chi connectivity index (χ0) is 15.3. The second-order valence-corrected chi connectivity index (χ2v) is 3.32. The van der Waals surface area contributed by atoms with E-state index in [4.69, 9.17) is 10.5 Å². The Kier molecular flexibility index (Phi) is 4.28. The van der Waals surface area contributed by atoms with Crippen molar-refractivity contribution in [3.05, 3.63) is 23.8 Å². The molecule has 0 radical (unpaired) electrons. The Hall–Kier alpha value is -3.07. The van der Waals surface area contributed by atoms with Crippen molar-refractivity contribution in [1.82, 2.24) is 0 Å². The molecule has 0 unspecified atom stereocenters. The average Bonchev–Trinajstić information content (AvgIpc) is 2.38. The molecule has 0 bridgehead atoms. The summed E-state index contributed by atoms with van der Waals surface area (Å²) >= 11 is 0. The van der Waals surface area contributed by atoms with Crippen molar-refractivity contribution < 1.29 is 23.1 Å². The summed E-state index contributed by atoms with van der Waals surface area (Å²) in [5, 5.41) is 29.4. The van der Waals surface area contributed by atoms with E-state index in [9.17, 15) is 23.1 Å². The predicted molar refractivity (Wildman–Crippen MR) is 60.8 cm³/mol. The van der Waals surface area contributed by atoms with Crippen molar-refractivity contribution in [3.8, 4) is 17.9 Å². The van der Waals surface area contributed by atoms with Gasteiger partial charge in [0.2, 0.25) is 5.71 Å². The molecule has 2 N–H and O–H groups in total. The van der Waals surface area contributed by atoms with Crippen LogP contribution in [0.2, 0.25) is 0 Å². The zero-order valence-corrected chi connectivity index (χ0v) is 9.56. The molecular weight excluding hydrogens is 277 g/mol. The van der Waals surface area contributed by atoms with Crippen molar-refractivity contribution in [3.63, 3.8) is 0 Å². The minimum Gasteiger partial charge on any atom is -0.507 e. The summed E-state index contributed by atoms with van der Waals surface area (Å²) in [6, 6.07) is 5.84. The van der Waals surface area contributed by atoms with E-state index in [1.54, 1.807) is 0 Å². The number of phenols is 1. The summed E-state index contributed by atoms with van der Waals surface area (Å²) in [5.41, 5.74) is -0.202. The molecule has 9 heteroatoms. The molecule has 6 nitrogen and oxygen atoms in total. The first-order chi connectivity index (χ1) is 9.31. The molecule has 0 saturated carbocycles. The lowest BCUT2D eigenvalue weighted by Crippen LogP contribution is -2.23. The third kappa shape index (κ3) is 3.23. The summed E-state index contributed by atoms with van der Waals surface area (Å²) in [6.07, 6.45) is -5.19. The third-order valence-electron chi connectivity index (χ3n) is 2.03. The molecule has 102 valence electrons. The fourth-order valence-electron chi connectivity index (χ4n) is 1.20. The number of rotatable bonds is 3. The van der Waals surface area contributed by atoms with Gasteiger partial charge in [-0.2, -0.15) is 28.8 Å². The number of benzene rings is 1. The van der Waals surface area contributed by atoms with Crippen molar-refractivity contribution in [1.29, 1.82) is 10.5 Å². The van der Waals surface area contributed by atoms with Gasteiger partial charge in [-0.15, -0.1) is 0 Å². The molecule has 1 aromatic rings. The first kappa shape index (κ1) is 15.0. The van der Waals surface area contributed by atoms with E-state index in [2.05, 4.69) is 5.10 Å². The van der Waals surface area contributed by atoms with Crippen LogP contribution < -0.4 is 5.43 Å². The summed E-state index contributed by atoms with van der Waals surface area (Å²) < 4.78 is 37.2. The predicted octanol–water partition coefficient (Wildman–Crippen LogP) is 1.95. The second-order valence-electron chi connectivity index (χ2n) is 3.32. The van der Waals surface area contributed by atoms with Crippen LogP contribution in [0, 0.1) is 22.7 Å². The molecule has 20 heavy (non-hydrogen) atoms. The maximum Gasteiger partial charge on any atom is 0.455 e. The standard InChI is InChI=1S/C11H5F3N4O2/c12-11(13,14)10(20)9-7(2-1-3-8(9)19)18-17-6(4-15)5-16/h1-3,18-19H. The summed E-state index contributed by atoms with van der Waals surface area (Å²) in [6.45, 7) is 0. The van der Waals surface area contributed by atoms with Crippen LogP contribution in [0.15, 0.2) is 23.3 Å². The Morgan fingerprint density at radius 1 is 1.30 bits per heavy atom. The number of nitriles is 2. The summed E-state index contributed by atoms with van der Waals surface area (Å²) in [7, 11) is 0. The quantitative estimate of drug-likeness (QED) is 0.500. The van der Waals surface area contributed by atoms with Crippen molar-refractivity contribution in [2.24, 2.45) is 5.10 Å². The molecule has 0 heterocycles. The topological polar surface area (TPSA) is 109 Å². The number of aromatic hydroxyl groups is 1. The van der Waals surface area contributed by atoms with Crippen molar-refractivity contribution in [2.45, 2.75) is 6.18 Å². The van der Waals surface area contributed by atoms with Crippen LogP contribution in [0.25, 0.3) is 0 Å². The Balaban J connectivity index is 3.27. The first-order valence-electron chi connectivity index (χ1n) is 4.88. The van der Waals surface area contributed by atoms with Gasteiger partial charge in [0.25, 0.3) is 5.78 Å². The van der Waals surface area contributed by atoms with E-state index in [1.165, 1.54) is 18.2 Å². The molecule has 0 amide bonds. The average molecular weight is 282 g/mol. The van der Waals surface area contributed by atoms with Crippen LogP contribution >= 0.6 is 0 Å². The van der Waals surface area contributed by atoms with E-state index in [0.717, 1.165) is 12.1 Å². The van der Waals surface area contributed by atoms with E-state index in [0.29, 0.717) is 0 Å². The molecule has 1 aromatic carbocycles. The summed E-state index contributed by atoms with van der Waals surface area (Å²) in [5.74, 6) is -3.17. The highest BCUT2D eigenvalue weighted by atomic mass is 19.4. The molecule has 0 saturated heterocycles. The normalized spacial score (nSPS) is 10.1. The number of halogens is 3. The monoisotopic (exact) mass is 282 g/mol. The molecule has 1 rings (SSSR count). The number of hydrogen-bond donors (Lipinski definition) is 2. The van der Waals surface area contributed by atoms with Crippen LogP contribution in [-0.2, 0) is 0 Å². The Bertz CT molecular complexity index is 637. The molecule has 0 aliphatic carbocycles. The molecule has 0 spiro atoms. The highest BCUT2D eigenvalue weighted by Crippen LogP contribution is 2.32. The van der Waals surface area contributed by atoms with Gasteiger partial charge in [-0.1, -0.05) is 6.07 Å². The van der Waals surface area contributed by atoms with Gasteiger partial charge in [0.05, 0.1) is 11.3 Å². The molecule has 0 aromatic heterocycles. The lowest BCUT2D eigenvalue weighted by molar-refractivity contribution is -0.0886. The fourth-order valence-corrected chi connectivity index (χ4v) is 1.20. The fraction of sp³-hybridized carbons (Fsp3) is 0.0909. The van der Waals surface area contributed by atoms with Gasteiger partial charge in [-0.25, -0.2) is 0 Å². The van der Waals surface area contributed by atoms with Gasteiger partial charge in [0, 0.05) is 0 Å². The van der Waals surface area contributed by atoms with Crippen molar-refractivity contribution in [2.75, 3.05) is 5.43 Å². The van der Waals surface area contributed by atoms with Crippen LogP contribution in [0.4, 0.5) is 18.9 Å². The minimum atomic E-state index is -5.19. The Morgan fingerprint density at radius 2 is 1.90 bits per heavy atom. The number of hydrazone groups is 1. The number of carbonyl (C=O) groups is 1. The SMILES string of the molecule is N#CC(C#N)=NNc1cccc(O)c1C(=O)C(F)(F)F. The number of ketones is 1. The van der Waals surface area contributed by atoms with E-state index in [-0.39, 0.29) is 0 Å². The van der Waals surface area contributed by atoms with Gasteiger partial charge in [-0.3, -0.25) is 10.2 Å². The van der Waals surface area contributed by atoms with Crippen LogP contribution in [0.5, 0.6) is 5.75 Å². The number of nitrogens with zero attached hydrogens (tertiary/aromatic N) is 3. The van der Waals surface area contributed by atoms with E-state index < -0.39 is 34.7 Å². The minimum absolute atomic E-state index is 0.477. The lowest BCUT2D eigenvalue weighted by Gasteiger charge is -2.11. The highest BCUT2D eigenvalue weighted by Gasteiger charge is 2.42. The van der Waals surface area contributed by atoms with Gasteiger partial charge in [-0.05, 0) is 12.1 Å². The highest BCUT2D eigenvalue weighted by molar-refractivity contribution is 6.11. The molecular formula is C11H5F3N4O2. The lowest BCUT2D eigenvalue weighted by atomic mass is 10.1. The van der Waals surface area contributed by atoms with Crippen LogP contribution in [0.1, 0.15) is 10.4 Å². The third-order valence-corrected chi connectivity index (χ3v) is 2.03. The molecule has 0 aliphatic rings. The van der Waals surface area contributed by atoms with Gasteiger partial charge in [0.15, 0.2) is 0 Å². The number of anilines is 1. The maximum absolute atomic E-state index is 12.4. The molecule has 0 fully saturated rings. The number of hydrogen-bond acceptors (Lipinski definition) is 6. The first-order valence-corrected chi connectivity index (χ1v) is 4.88. The van der Waals surface area contributed by atoms with E-state index >= 15 is 0 Å². The Morgan fingerprint density at radius 3 is 2.40 bits per heavy atom. The largest absolute Gasteiger partial charge is 0.507 e. The number of alkyl halides is 3. The number of phenolic OH excluding ortho intramolecular Hbond substituents is 1. The van der Waals surface area contributed by atoms with Gasteiger partial charge in [0.1, 0.15) is 17.9 Å². The van der Waals surface area contributed by atoms with Gasteiger partial charge >= 0.3 is 6.18 Å². The Labute approximate surface area is 110 Å². The van der Waals surface area contributed by atoms with E-state index in [1.807, 2.05) is 5.43 Å². The number of carbonyl (C=O) groups excluding carboxylic acids is 1. The van der Waals surface area contributed by atoms with Crippen LogP contribution in [0.3, 0.4) is 0 Å². The second kappa shape index (κ2) is 5.71. The molecule has 0 atom stereocenters. The van der Waals surface area contributed by atoms with Crippen molar-refractivity contribution >= 4 is 17.2 Å². The number of Topliss-reactive ketones (excluding diaryl/α,β-unsaturated/α-hetero) is 1. The number of nitrogens with one attached hydrogen (secondary N) is 1. The van der Waals surface area contributed by atoms with Gasteiger partial charge < -0.3 is 5.11 Å². The summed E-state index contributed by atoms with van der Waals surface area (Å²) in [4.78, 5) is 11.2. The zero-order valence-electron chi connectivity index (χ0n) is 9.56. The molecule has 0 aliphatic heterocycles. The smallest absolute Gasteiger partial charge is 0.455 e. The van der Waals surface area contributed by atoms with Crippen LogP contribution in [-0.4, -0.2) is 22.8 Å². The maximum atomic E-state index is 12.4.